The minimum absolute atomic E-state index is 0.0710. The molecule has 0 aliphatic heterocycles. The van der Waals surface area contributed by atoms with Gasteiger partial charge >= 0.3 is 6.18 Å². The summed E-state index contributed by atoms with van der Waals surface area (Å²) in [7, 11) is 0. The molecule has 0 amide bonds. The minimum Gasteiger partial charge on any atom is -0.382 e. The second-order valence-corrected chi connectivity index (χ2v) is 4.72. The van der Waals surface area contributed by atoms with Crippen molar-refractivity contribution in [3.63, 3.8) is 0 Å². The van der Waals surface area contributed by atoms with Crippen LogP contribution in [-0.4, -0.2) is 17.0 Å². The molecule has 0 bridgehead atoms. The van der Waals surface area contributed by atoms with Crippen LogP contribution >= 0.6 is 11.6 Å². The summed E-state index contributed by atoms with van der Waals surface area (Å²) in [5.41, 5.74) is -1.07. The van der Waals surface area contributed by atoms with Crippen LogP contribution in [0.15, 0.2) is 59.6 Å². The van der Waals surface area contributed by atoms with E-state index in [0.717, 1.165) is 0 Å². The highest BCUT2D eigenvalue weighted by Gasteiger charge is 2.40. The third-order valence-electron chi connectivity index (χ3n) is 2.74. The van der Waals surface area contributed by atoms with E-state index in [-0.39, 0.29) is 11.3 Å². The summed E-state index contributed by atoms with van der Waals surface area (Å²) in [5, 5.41) is 10.3. The summed E-state index contributed by atoms with van der Waals surface area (Å²) in [6.07, 6.45) is -6.59. The Hall–Kier alpha value is -1.85. The fourth-order valence-corrected chi connectivity index (χ4v) is 1.85. The summed E-state index contributed by atoms with van der Waals surface area (Å²) in [6.45, 7) is 0. The van der Waals surface area contributed by atoms with Gasteiger partial charge in [0, 0.05) is 5.02 Å². The van der Waals surface area contributed by atoms with Crippen molar-refractivity contribution in [3.8, 4) is 0 Å². The molecule has 6 heteroatoms. The van der Waals surface area contributed by atoms with E-state index in [1.165, 1.54) is 36.4 Å². The Labute approximate surface area is 124 Å². The van der Waals surface area contributed by atoms with E-state index in [1.807, 2.05) is 0 Å². The number of rotatable bonds is 3. The molecule has 0 aliphatic rings. The number of aliphatic hydroxyl groups excluding tert-OH is 1. The molecule has 0 fully saturated rings. The zero-order valence-electron chi connectivity index (χ0n) is 10.7. The minimum atomic E-state index is -4.74. The van der Waals surface area contributed by atoms with Crippen LogP contribution in [0.2, 0.25) is 5.02 Å². The van der Waals surface area contributed by atoms with Crippen molar-refractivity contribution in [2.24, 2.45) is 4.99 Å². The Balaban J connectivity index is 2.42. The molecule has 1 atom stereocenters. The molecule has 0 heterocycles. The highest BCUT2D eigenvalue weighted by atomic mass is 35.5. The van der Waals surface area contributed by atoms with Crippen LogP contribution in [0.3, 0.4) is 0 Å². The Bertz CT molecular complexity index is 624. The first kappa shape index (κ1) is 15.5. The maximum absolute atomic E-state index is 13.1. The number of aliphatic hydroxyl groups is 1. The molecule has 1 N–H and O–H groups in total. The van der Waals surface area contributed by atoms with Crippen LogP contribution in [0.4, 0.5) is 18.9 Å². The van der Waals surface area contributed by atoms with Gasteiger partial charge in [0.15, 0.2) is 5.71 Å². The summed E-state index contributed by atoms with van der Waals surface area (Å²) >= 11 is 5.68. The lowest BCUT2D eigenvalue weighted by Gasteiger charge is -2.17. The first-order valence-electron chi connectivity index (χ1n) is 6.02. The van der Waals surface area contributed by atoms with Crippen molar-refractivity contribution in [1.82, 2.24) is 0 Å². The van der Waals surface area contributed by atoms with Crippen LogP contribution in [0.25, 0.3) is 0 Å². The van der Waals surface area contributed by atoms with Gasteiger partial charge in [-0.25, -0.2) is 4.99 Å². The van der Waals surface area contributed by atoms with Gasteiger partial charge in [-0.2, -0.15) is 13.2 Å². The third kappa shape index (κ3) is 4.06. The summed E-state index contributed by atoms with van der Waals surface area (Å²) in [6, 6.07) is 13.1. The fourth-order valence-electron chi connectivity index (χ4n) is 1.73. The van der Waals surface area contributed by atoms with Gasteiger partial charge < -0.3 is 5.11 Å². The number of halogens is 4. The standard InChI is InChI=1S/C15H11ClF3NO/c16-11-6-8-12(9-7-11)20-14(15(17,18)19)13(21)10-4-2-1-3-5-10/h1-9,13,21H. The van der Waals surface area contributed by atoms with Crippen molar-refractivity contribution in [3.05, 3.63) is 65.2 Å². The Morgan fingerprint density at radius 1 is 1.00 bits per heavy atom. The highest BCUT2D eigenvalue weighted by Crippen LogP contribution is 2.30. The van der Waals surface area contributed by atoms with E-state index in [9.17, 15) is 18.3 Å². The Kier molecular flexibility index (Phi) is 4.65. The Morgan fingerprint density at radius 2 is 1.57 bits per heavy atom. The fraction of sp³-hybridized carbons (Fsp3) is 0.133. The number of hydrogen-bond acceptors (Lipinski definition) is 2. The van der Waals surface area contributed by atoms with Crippen molar-refractivity contribution in [1.29, 1.82) is 0 Å². The number of nitrogens with zero attached hydrogens (tertiary/aromatic N) is 1. The largest absolute Gasteiger partial charge is 0.432 e. The zero-order chi connectivity index (χ0) is 15.5. The zero-order valence-corrected chi connectivity index (χ0v) is 11.4. The highest BCUT2D eigenvalue weighted by molar-refractivity contribution is 6.30. The van der Waals surface area contributed by atoms with Crippen LogP contribution in [-0.2, 0) is 0 Å². The quantitative estimate of drug-likeness (QED) is 0.818. The van der Waals surface area contributed by atoms with Gasteiger partial charge in [-0.1, -0.05) is 41.9 Å². The van der Waals surface area contributed by atoms with E-state index in [0.29, 0.717) is 5.02 Å². The van der Waals surface area contributed by atoms with E-state index >= 15 is 0 Å². The Morgan fingerprint density at radius 3 is 2.10 bits per heavy atom. The number of alkyl halides is 3. The molecular formula is C15H11ClF3NO. The van der Waals surface area contributed by atoms with Crippen molar-refractivity contribution >= 4 is 23.0 Å². The number of aliphatic imine (C=N–C) groups is 1. The molecule has 2 aromatic rings. The lowest BCUT2D eigenvalue weighted by Crippen LogP contribution is -2.29. The smallest absolute Gasteiger partial charge is 0.382 e. The molecular weight excluding hydrogens is 303 g/mol. The van der Waals surface area contributed by atoms with E-state index < -0.39 is 18.0 Å². The third-order valence-corrected chi connectivity index (χ3v) is 2.99. The molecule has 0 aliphatic carbocycles. The molecule has 0 aromatic heterocycles. The molecule has 1 unspecified atom stereocenters. The molecule has 110 valence electrons. The van der Waals surface area contributed by atoms with Gasteiger partial charge in [0.05, 0.1) is 5.69 Å². The van der Waals surface area contributed by atoms with Gasteiger partial charge in [-0.15, -0.1) is 0 Å². The van der Waals surface area contributed by atoms with Crippen LogP contribution in [0.5, 0.6) is 0 Å². The maximum Gasteiger partial charge on any atom is 0.432 e. The van der Waals surface area contributed by atoms with E-state index in [4.69, 9.17) is 11.6 Å². The molecule has 21 heavy (non-hydrogen) atoms. The van der Waals surface area contributed by atoms with Crippen LogP contribution < -0.4 is 0 Å². The average Bonchev–Trinajstić information content (AvgIpc) is 2.45. The second kappa shape index (κ2) is 6.28. The number of hydrogen-bond donors (Lipinski definition) is 1. The van der Waals surface area contributed by atoms with Gasteiger partial charge in [0.2, 0.25) is 0 Å². The van der Waals surface area contributed by atoms with Gasteiger partial charge in [0.25, 0.3) is 0 Å². The second-order valence-electron chi connectivity index (χ2n) is 4.28. The lowest BCUT2D eigenvalue weighted by molar-refractivity contribution is -0.0664. The molecule has 0 saturated carbocycles. The topological polar surface area (TPSA) is 32.6 Å². The molecule has 0 saturated heterocycles. The van der Waals surface area contributed by atoms with Crippen LogP contribution in [0, 0.1) is 0 Å². The van der Waals surface area contributed by atoms with Gasteiger partial charge in [-0.05, 0) is 29.8 Å². The predicted molar refractivity (Wildman–Crippen MR) is 76.0 cm³/mol. The van der Waals surface area contributed by atoms with E-state index in [2.05, 4.69) is 4.99 Å². The lowest BCUT2D eigenvalue weighted by atomic mass is 10.0. The summed E-state index contributed by atoms with van der Waals surface area (Å²) in [5.74, 6) is 0. The average molecular weight is 314 g/mol. The van der Waals surface area contributed by atoms with Crippen LogP contribution in [0.1, 0.15) is 11.7 Å². The maximum atomic E-state index is 13.1. The van der Waals surface area contributed by atoms with Crippen molar-refractivity contribution in [2.75, 3.05) is 0 Å². The molecule has 2 nitrogen and oxygen atoms in total. The normalized spacial score (nSPS) is 14.0. The monoisotopic (exact) mass is 313 g/mol. The first-order valence-corrected chi connectivity index (χ1v) is 6.40. The van der Waals surface area contributed by atoms with Crippen molar-refractivity contribution in [2.45, 2.75) is 12.3 Å². The predicted octanol–water partition coefficient (Wildman–Crippen LogP) is 4.71. The molecule has 0 spiro atoms. The SMILES string of the molecule is OC(C(=Nc1ccc(Cl)cc1)C(F)(F)F)c1ccccc1. The summed E-state index contributed by atoms with van der Waals surface area (Å²) in [4.78, 5) is 3.53. The number of benzene rings is 2. The van der Waals surface area contributed by atoms with Gasteiger partial charge in [-0.3, -0.25) is 0 Å². The van der Waals surface area contributed by atoms with Crippen molar-refractivity contribution < 1.29 is 18.3 Å². The first-order chi connectivity index (χ1) is 9.88. The molecule has 2 aromatic carbocycles. The van der Waals surface area contributed by atoms with E-state index in [1.54, 1.807) is 18.2 Å². The van der Waals surface area contributed by atoms with Gasteiger partial charge in [0.1, 0.15) is 6.10 Å². The molecule has 0 radical (unpaired) electrons. The molecule has 2 rings (SSSR count). The summed E-state index contributed by atoms with van der Waals surface area (Å²) < 4.78 is 39.3.